The van der Waals surface area contributed by atoms with Gasteiger partial charge in [0.05, 0.1) is 11.9 Å². The van der Waals surface area contributed by atoms with Gasteiger partial charge in [-0.1, -0.05) is 0 Å². The van der Waals surface area contributed by atoms with Crippen LogP contribution in [0.1, 0.15) is 6.42 Å². The van der Waals surface area contributed by atoms with Crippen LogP contribution in [0.15, 0.2) is 0 Å². The highest BCUT2D eigenvalue weighted by Crippen LogP contribution is 2.16. The Bertz CT molecular complexity index is 178. The van der Waals surface area contributed by atoms with Gasteiger partial charge >= 0.3 is 0 Å². The summed E-state index contributed by atoms with van der Waals surface area (Å²) in [5.41, 5.74) is 0. The average Bonchev–Trinajstić information content (AvgIpc) is 2.08. The molecule has 0 radical (unpaired) electrons. The van der Waals surface area contributed by atoms with E-state index < -0.39 is 8.87 Å². The Balaban J connectivity index is 2.63. The van der Waals surface area contributed by atoms with Crippen LogP contribution in [0.5, 0.6) is 0 Å². The molecule has 1 aliphatic heterocycles. The monoisotopic (exact) mass is 168 g/mol. The van der Waals surface area contributed by atoms with Gasteiger partial charge in [-0.15, -0.1) is 0 Å². The first-order chi connectivity index (χ1) is 4.11. The molecule has 1 unspecified atom stereocenters. The van der Waals surface area contributed by atoms with Crippen molar-refractivity contribution >= 4 is 20.5 Å². The van der Waals surface area contributed by atoms with E-state index in [2.05, 4.69) is 11.7 Å². The van der Waals surface area contributed by atoms with Crippen LogP contribution in [0, 0.1) is 0 Å². The largest absolute Gasteiger partial charge is 0.380 e. The van der Waals surface area contributed by atoms with Crippen LogP contribution in [0.4, 0.5) is 0 Å². The Kier molecular flexibility index (Phi) is 2.03. The maximum absolute atomic E-state index is 10.6. The molecule has 0 bridgehead atoms. The Morgan fingerprint density at radius 1 is 1.56 bits per heavy atom. The molecule has 1 aliphatic rings. The molecule has 0 aliphatic carbocycles. The first-order valence-electron chi connectivity index (χ1n) is 2.65. The van der Waals surface area contributed by atoms with Crippen molar-refractivity contribution in [3.8, 4) is 0 Å². The van der Waals surface area contributed by atoms with E-state index in [9.17, 15) is 8.42 Å². The standard InChI is InChI=1S/C4H8O3S2/c5-9(6,8)4-1-2-7-3-4/h4H,1-3H2,(H,5,6,8). The molecule has 0 aromatic carbocycles. The summed E-state index contributed by atoms with van der Waals surface area (Å²) >= 11 is 3.44. The molecule has 0 saturated carbocycles. The van der Waals surface area contributed by atoms with E-state index in [1.54, 1.807) is 0 Å². The first-order valence-corrected chi connectivity index (χ1v) is 5.24. The molecular formula is C4H8O3S2. The molecule has 1 atom stereocenters. The fraction of sp³-hybridized carbons (Fsp3) is 1.00. The van der Waals surface area contributed by atoms with Crippen LogP contribution in [0.3, 0.4) is 0 Å². The lowest BCUT2D eigenvalue weighted by molar-refractivity contribution is 0.198. The van der Waals surface area contributed by atoms with Crippen LogP contribution in [0.2, 0.25) is 0 Å². The van der Waals surface area contributed by atoms with E-state index in [-0.39, 0.29) is 5.25 Å². The molecule has 1 heterocycles. The van der Waals surface area contributed by atoms with Gasteiger partial charge in [0, 0.05) is 6.61 Å². The summed E-state index contributed by atoms with van der Waals surface area (Å²) in [6, 6.07) is 0. The summed E-state index contributed by atoms with van der Waals surface area (Å²) in [4.78, 5) is 0. The molecule has 0 aromatic heterocycles. The van der Waals surface area contributed by atoms with Gasteiger partial charge in [-0.3, -0.25) is 0 Å². The molecule has 54 valence electrons. The lowest BCUT2D eigenvalue weighted by Gasteiger charge is -2.00. The average molecular weight is 168 g/mol. The van der Waals surface area contributed by atoms with E-state index in [1.165, 1.54) is 0 Å². The van der Waals surface area contributed by atoms with Crippen molar-refractivity contribution in [2.45, 2.75) is 11.7 Å². The predicted octanol–water partition coefficient (Wildman–Crippen LogP) is 0.0349. The maximum atomic E-state index is 10.6. The highest BCUT2D eigenvalue weighted by molar-refractivity contribution is 8.63. The molecule has 3 nitrogen and oxygen atoms in total. The number of rotatable bonds is 1. The third-order valence-corrected chi connectivity index (χ3v) is 3.42. The van der Waals surface area contributed by atoms with Gasteiger partial charge in [-0.2, -0.15) is 0 Å². The fourth-order valence-electron chi connectivity index (χ4n) is 0.748. The van der Waals surface area contributed by atoms with Gasteiger partial charge in [0.15, 0.2) is 0 Å². The number of hydrogen-bond acceptors (Lipinski definition) is 3. The molecule has 0 amide bonds. The summed E-state index contributed by atoms with van der Waals surface area (Å²) < 4.78 is 26.1. The Morgan fingerprint density at radius 3 is 2.44 bits per heavy atom. The third kappa shape index (κ3) is 1.84. The van der Waals surface area contributed by atoms with Crippen molar-refractivity contribution in [1.82, 2.24) is 0 Å². The summed E-state index contributed by atoms with van der Waals surface area (Å²) in [7, 11) is -3.13. The molecule has 0 spiro atoms. The second-order valence-electron chi connectivity index (χ2n) is 2.00. The van der Waals surface area contributed by atoms with Crippen molar-refractivity contribution in [2.24, 2.45) is 0 Å². The van der Waals surface area contributed by atoms with Crippen LogP contribution < -0.4 is 0 Å². The second kappa shape index (κ2) is 2.48. The minimum absolute atomic E-state index is 0.311. The van der Waals surface area contributed by atoms with E-state index in [0.29, 0.717) is 19.6 Å². The number of hydrogen-bond donors (Lipinski definition) is 1. The summed E-state index contributed by atoms with van der Waals surface area (Å²) in [5.74, 6) is 0. The zero-order chi connectivity index (χ0) is 6.91. The highest BCUT2D eigenvalue weighted by Gasteiger charge is 2.25. The third-order valence-electron chi connectivity index (χ3n) is 1.31. The number of thiol groups is 1. The van der Waals surface area contributed by atoms with Gasteiger partial charge in [0.25, 0.3) is 0 Å². The van der Waals surface area contributed by atoms with Gasteiger partial charge in [-0.25, -0.2) is 8.42 Å². The van der Waals surface area contributed by atoms with Gasteiger partial charge in [0.1, 0.15) is 0 Å². The molecule has 9 heavy (non-hydrogen) atoms. The zero-order valence-electron chi connectivity index (χ0n) is 4.78. The molecule has 1 saturated heterocycles. The molecular weight excluding hydrogens is 160 g/mol. The minimum atomic E-state index is -3.13. The van der Waals surface area contributed by atoms with Crippen molar-refractivity contribution in [3.63, 3.8) is 0 Å². The quantitative estimate of drug-likeness (QED) is 0.444. The van der Waals surface area contributed by atoms with Gasteiger partial charge in [0.2, 0.25) is 8.87 Å². The van der Waals surface area contributed by atoms with Crippen molar-refractivity contribution in [2.75, 3.05) is 13.2 Å². The van der Waals surface area contributed by atoms with E-state index in [4.69, 9.17) is 4.74 Å². The van der Waals surface area contributed by atoms with E-state index in [0.717, 1.165) is 0 Å². The summed E-state index contributed by atoms with van der Waals surface area (Å²) in [6.45, 7) is 0.857. The number of ether oxygens (including phenoxy) is 1. The Morgan fingerprint density at radius 2 is 2.22 bits per heavy atom. The van der Waals surface area contributed by atoms with Crippen LogP contribution >= 0.6 is 11.7 Å². The van der Waals surface area contributed by atoms with Gasteiger partial charge in [-0.05, 0) is 18.1 Å². The van der Waals surface area contributed by atoms with Crippen LogP contribution in [-0.4, -0.2) is 26.9 Å². The predicted molar refractivity (Wildman–Crippen MR) is 37.1 cm³/mol. The highest BCUT2D eigenvalue weighted by atomic mass is 33.1. The lowest BCUT2D eigenvalue weighted by atomic mass is 10.4. The molecule has 0 N–H and O–H groups in total. The van der Waals surface area contributed by atoms with Crippen LogP contribution in [-0.2, 0) is 13.6 Å². The Labute approximate surface area is 59.1 Å². The van der Waals surface area contributed by atoms with Crippen molar-refractivity contribution in [1.29, 1.82) is 0 Å². The topological polar surface area (TPSA) is 43.4 Å². The van der Waals surface area contributed by atoms with Gasteiger partial charge < -0.3 is 4.74 Å². The van der Waals surface area contributed by atoms with E-state index >= 15 is 0 Å². The van der Waals surface area contributed by atoms with Crippen LogP contribution in [0.25, 0.3) is 0 Å². The normalized spacial score (nSPS) is 28.8. The maximum Gasteiger partial charge on any atom is 0.203 e. The smallest absolute Gasteiger partial charge is 0.203 e. The van der Waals surface area contributed by atoms with Crippen molar-refractivity contribution in [3.05, 3.63) is 0 Å². The SMILES string of the molecule is O=S(=O)(S)C1CCOC1. The summed E-state index contributed by atoms with van der Waals surface area (Å²) in [6.07, 6.45) is 0.589. The second-order valence-corrected chi connectivity index (χ2v) is 5.22. The first kappa shape index (κ1) is 7.37. The molecule has 1 fully saturated rings. The van der Waals surface area contributed by atoms with Crippen molar-refractivity contribution < 1.29 is 13.2 Å². The van der Waals surface area contributed by atoms with E-state index in [1.807, 2.05) is 0 Å². The Hall–Kier alpha value is 0.260. The molecule has 0 aromatic rings. The molecule has 5 heteroatoms. The molecule has 1 rings (SSSR count). The fourth-order valence-corrected chi connectivity index (χ4v) is 1.91. The lowest BCUT2D eigenvalue weighted by Crippen LogP contribution is -2.15. The zero-order valence-corrected chi connectivity index (χ0v) is 6.49. The minimum Gasteiger partial charge on any atom is -0.380 e. The summed E-state index contributed by atoms with van der Waals surface area (Å²) in [5, 5.41) is -0.374.